The molecule has 114 valence electrons. The van der Waals surface area contributed by atoms with E-state index in [1.807, 2.05) is 12.1 Å². The molecule has 4 heteroatoms. The van der Waals surface area contributed by atoms with Gasteiger partial charge in [0.05, 0.1) is 4.47 Å². The molecule has 0 aromatic heterocycles. The number of hydrogen-bond acceptors (Lipinski definition) is 2. The maximum absolute atomic E-state index is 5.65. The van der Waals surface area contributed by atoms with Gasteiger partial charge >= 0.3 is 0 Å². The molecule has 0 bridgehead atoms. The molecule has 0 aliphatic carbocycles. The number of nitrogens with one attached hydrogen (secondary N) is 1. The zero-order chi connectivity index (χ0) is 15.9. The highest BCUT2D eigenvalue weighted by Crippen LogP contribution is 2.33. The highest BCUT2D eigenvalue weighted by Gasteiger charge is 2.10. The Morgan fingerprint density at radius 1 is 1.18 bits per heavy atom. The maximum Gasteiger partial charge on any atom is 0.148 e. The summed E-state index contributed by atoms with van der Waals surface area (Å²) in [7, 11) is 0. The maximum atomic E-state index is 5.65. The highest BCUT2D eigenvalue weighted by molar-refractivity contribution is 9.11. The van der Waals surface area contributed by atoms with Crippen LogP contribution in [0.2, 0.25) is 0 Å². The molecule has 0 unspecified atom stereocenters. The topological polar surface area (TPSA) is 21.3 Å². The van der Waals surface area contributed by atoms with Crippen molar-refractivity contribution in [2.45, 2.75) is 19.9 Å². The third-order valence-corrected chi connectivity index (χ3v) is 4.28. The van der Waals surface area contributed by atoms with Crippen molar-refractivity contribution in [3.63, 3.8) is 0 Å². The molecule has 2 aromatic carbocycles. The fourth-order valence-corrected chi connectivity index (χ4v) is 3.50. The van der Waals surface area contributed by atoms with Gasteiger partial charge in [-0.15, -0.1) is 6.42 Å². The first kappa shape index (κ1) is 16.9. The number of halogens is 2. The molecule has 0 spiro atoms. The first-order valence-corrected chi connectivity index (χ1v) is 8.59. The average Bonchev–Trinajstić information content (AvgIpc) is 2.52. The Kier molecular flexibility index (Phi) is 6.35. The van der Waals surface area contributed by atoms with Crippen molar-refractivity contribution in [3.8, 4) is 18.1 Å². The van der Waals surface area contributed by atoms with Crippen LogP contribution in [0.15, 0.2) is 45.3 Å². The van der Waals surface area contributed by atoms with Gasteiger partial charge in [-0.2, -0.15) is 0 Å². The summed E-state index contributed by atoms with van der Waals surface area (Å²) in [5.41, 5.74) is 3.45. The van der Waals surface area contributed by atoms with Gasteiger partial charge in [-0.1, -0.05) is 40.9 Å². The van der Waals surface area contributed by atoms with Gasteiger partial charge in [0.1, 0.15) is 12.4 Å². The Balaban J connectivity index is 2.15. The Morgan fingerprint density at radius 2 is 1.91 bits per heavy atom. The van der Waals surface area contributed by atoms with Gasteiger partial charge in [-0.25, -0.2) is 0 Å². The molecule has 0 fully saturated rings. The number of hydrogen-bond donors (Lipinski definition) is 1. The van der Waals surface area contributed by atoms with Crippen LogP contribution in [0.1, 0.15) is 18.1 Å². The van der Waals surface area contributed by atoms with Crippen LogP contribution in [0.3, 0.4) is 0 Å². The summed E-state index contributed by atoms with van der Waals surface area (Å²) in [6.45, 7) is 3.05. The molecule has 0 aliphatic heterocycles. The van der Waals surface area contributed by atoms with Gasteiger partial charge < -0.3 is 10.1 Å². The molecule has 0 amide bonds. The van der Waals surface area contributed by atoms with Crippen LogP contribution in [0.25, 0.3) is 0 Å². The summed E-state index contributed by atoms with van der Waals surface area (Å²) in [4.78, 5) is 0. The average molecular weight is 423 g/mol. The monoisotopic (exact) mass is 421 g/mol. The quantitative estimate of drug-likeness (QED) is 0.629. The van der Waals surface area contributed by atoms with Crippen LogP contribution in [0.4, 0.5) is 5.69 Å². The SMILES string of the molecule is C#CCOc1c(Br)cc(Br)cc1CNc1ccc(CC)cc1. The number of anilines is 1. The molecule has 2 nitrogen and oxygen atoms in total. The van der Waals surface area contributed by atoms with Crippen LogP contribution in [-0.4, -0.2) is 6.61 Å². The fourth-order valence-electron chi connectivity index (χ4n) is 2.08. The minimum absolute atomic E-state index is 0.248. The Morgan fingerprint density at radius 3 is 2.55 bits per heavy atom. The zero-order valence-electron chi connectivity index (χ0n) is 12.3. The van der Waals surface area contributed by atoms with E-state index < -0.39 is 0 Å². The molecule has 0 saturated heterocycles. The van der Waals surface area contributed by atoms with E-state index in [9.17, 15) is 0 Å². The lowest BCUT2D eigenvalue weighted by molar-refractivity contribution is 0.364. The van der Waals surface area contributed by atoms with Crippen molar-refractivity contribution < 1.29 is 4.74 Å². The minimum Gasteiger partial charge on any atom is -0.479 e. The van der Waals surface area contributed by atoms with Crippen LogP contribution in [0, 0.1) is 12.3 Å². The lowest BCUT2D eigenvalue weighted by Gasteiger charge is -2.14. The molecule has 2 rings (SSSR count). The molecule has 0 aliphatic rings. The first-order chi connectivity index (χ1) is 10.6. The van der Waals surface area contributed by atoms with E-state index in [0.717, 1.165) is 32.4 Å². The van der Waals surface area contributed by atoms with Crippen molar-refractivity contribution in [1.29, 1.82) is 0 Å². The van der Waals surface area contributed by atoms with Gasteiger partial charge in [0.15, 0.2) is 0 Å². The molecule has 22 heavy (non-hydrogen) atoms. The van der Waals surface area contributed by atoms with Crippen LogP contribution in [0.5, 0.6) is 5.75 Å². The van der Waals surface area contributed by atoms with E-state index in [2.05, 4.69) is 74.3 Å². The molecule has 0 saturated carbocycles. The predicted molar refractivity (Wildman–Crippen MR) is 99.3 cm³/mol. The van der Waals surface area contributed by atoms with Gasteiger partial charge in [0, 0.05) is 22.3 Å². The van der Waals surface area contributed by atoms with Gasteiger partial charge in [0.2, 0.25) is 0 Å². The lowest BCUT2D eigenvalue weighted by atomic mass is 10.1. The summed E-state index contributed by atoms with van der Waals surface area (Å²) in [5.74, 6) is 3.27. The molecule has 0 heterocycles. The molecule has 0 radical (unpaired) electrons. The lowest BCUT2D eigenvalue weighted by Crippen LogP contribution is -2.04. The molecule has 1 N–H and O–H groups in total. The number of ether oxygens (including phenoxy) is 1. The Hall–Kier alpha value is -1.44. The third kappa shape index (κ3) is 4.53. The van der Waals surface area contributed by atoms with Crippen molar-refractivity contribution in [2.75, 3.05) is 11.9 Å². The number of rotatable bonds is 6. The van der Waals surface area contributed by atoms with Gasteiger partial charge in [-0.05, 0) is 52.2 Å². The largest absolute Gasteiger partial charge is 0.479 e. The van der Waals surface area contributed by atoms with Crippen molar-refractivity contribution in [3.05, 3.63) is 56.5 Å². The van der Waals surface area contributed by atoms with Crippen LogP contribution in [-0.2, 0) is 13.0 Å². The minimum atomic E-state index is 0.248. The zero-order valence-corrected chi connectivity index (χ0v) is 15.5. The van der Waals surface area contributed by atoms with Gasteiger partial charge in [-0.3, -0.25) is 0 Å². The van der Waals surface area contributed by atoms with E-state index >= 15 is 0 Å². The molecule has 0 atom stereocenters. The van der Waals surface area contributed by atoms with E-state index in [0.29, 0.717) is 6.54 Å². The van der Waals surface area contributed by atoms with Crippen LogP contribution < -0.4 is 10.1 Å². The summed E-state index contributed by atoms with van der Waals surface area (Å²) >= 11 is 7.03. The number of aryl methyl sites for hydroxylation is 1. The van der Waals surface area contributed by atoms with Gasteiger partial charge in [0.25, 0.3) is 0 Å². The predicted octanol–water partition coefficient (Wildman–Crippen LogP) is 5.40. The van der Waals surface area contributed by atoms with E-state index in [-0.39, 0.29) is 6.61 Å². The summed E-state index contributed by atoms with van der Waals surface area (Å²) in [6.07, 6.45) is 6.33. The molecular formula is C18H17Br2NO. The van der Waals surface area contributed by atoms with Crippen molar-refractivity contribution >= 4 is 37.5 Å². The molecule has 2 aromatic rings. The normalized spacial score (nSPS) is 10.1. The second-order valence-electron chi connectivity index (χ2n) is 4.77. The fraction of sp³-hybridized carbons (Fsp3) is 0.222. The van der Waals surface area contributed by atoms with E-state index in [1.54, 1.807) is 0 Å². The Bertz CT molecular complexity index is 675. The molecular weight excluding hydrogens is 406 g/mol. The van der Waals surface area contributed by atoms with E-state index in [4.69, 9.17) is 11.2 Å². The van der Waals surface area contributed by atoms with E-state index in [1.165, 1.54) is 5.56 Å². The first-order valence-electron chi connectivity index (χ1n) is 7.01. The second kappa shape index (κ2) is 8.26. The third-order valence-electron chi connectivity index (χ3n) is 3.23. The number of terminal acetylenes is 1. The highest BCUT2D eigenvalue weighted by atomic mass is 79.9. The van der Waals surface area contributed by atoms with Crippen molar-refractivity contribution in [2.24, 2.45) is 0 Å². The second-order valence-corrected chi connectivity index (χ2v) is 6.54. The summed E-state index contributed by atoms with van der Waals surface area (Å²) < 4.78 is 7.53. The summed E-state index contributed by atoms with van der Waals surface area (Å²) in [6, 6.07) is 12.4. The smallest absolute Gasteiger partial charge is 0.148 e. The number of benzene rings is 2. The van der Waals surface area contributed by atoms with Crippen LogP contribution >= 0.6 is 31.9 Å². The van der Waals surface area contributed by atoms with Crippen molar-refractivity contribution in [1.82, 2.24) is 0 Å². The summed E-state index contributed by atoms with van der Waals surface area (Å²) in [5, 5.41) is 3.41. The Labute approximate surface area is 148 Å². The standard InChI is InChI=1S/C18H17Br2NO/c1-3-9-22-18-14(10-15(19)11-17(18)20)12-21-16-7-5-13(4-2)6-8-16/h1,5-8,10-11,21H,4,9,12H2,2H3.